The number of nitrogens with two attached hydrogens (primary N) is 1. The molecule has 118 valence electrons. The Kier molecular flexibility index (Phi) is 5.69. The standard InChI is InChI=1S/C14H24N4O2S/c1-12(11-18-8-3-2-4-9-18)17-21(19,20)14-6-5-7-16-13(14)10-15/h5-7,12,17H,2-4,8-11,15H2,1H3. The maximum atomic E-state index is 12.4. The third-order valence-corrected chi connectivity index (χ3v) is 5.33. The topological polar surface area (TPSA) is 88.3 Å². The van der Waals surface area contributed by atoms with Crippen LogP contribution in [0.5, 0.6) is 0 Å². The van der Waals surface area contributed by atoms with E-state index in [0.29, 0.717) is 5.69 Å². The molecule has 0 aliphatic carbocycles. The lowest BCUT2D eigenvalue weighted by atomic mass is 10.1. The zero-order chi connectivity index (χ0) is 15.3. The molecular weight excluding hydrogens is 288 g/mol. The van der Waals surface area contributed by atoms with Crippen molar-refractivity contribution in [3.8, 4) is 0 Å². The van der Waals surface area contributed by atoms with Crippen molar-refractivity contribution in [1.82, 2.24) is 14.6 Å². The monoisotopic (exact) mass is 312 g/mol. The molecule has 2 heterocycles. The van der Waals surface area contributed by atoms with Crippen LogP contribution in [0.4, 0.5) is 0 Å². The van der Waals surface area contributed by atoms with Crippen LogP contribution in [0.25, 0.3) is 0 Å². The fraction of sp³-hybridized carbons (Fsp3) is 0.643. The summed E-state index contributed by atoms with van der Waals surface area (Å²) < 4.78 is 27.6. The highest BCUT2D eigenvalue weighted by Gasteiger charge is 2.22. The summed E-state index contributed by atoms with van der Waals surface area (Å²) in [5.74, 6) is 0. The number of piperidine rings is 1. The van der Waals surface area contributed by atoms with Crippen molar-refractivity contribution in [1.29, 1.82) is 0 Å². The minimum atomic E-state index is -3.57. The zero-order valence-corrected chi connectivity index (χ0v) is 13.3. The molecule has 0 aromatic carbocycles. The number of likely N-dealkylation sites (tertiary alicyclic amines) is 1. The summed E-state index contributed by atoms with van der Waals surface area (Å²) in [5, 5.41) is 0. The highest BCUT2D eigenvalue weighted by Crippen LogP contribution is 2.14. The van der Waals surface area contributed by atoms with Crippen molar-refractivity contribution in [2.24, 2.45) is 5.73 Å². The first kappa shape index (κ1) is 16.4. The van der Waals surface area contributed by atoms with Gasteiger partial charge in [-0.15, -0.1) is 0 Å². The average molecular weight is 312 g/mol. The lowest BCUT2D eigenvalue weighted by Crippen LogP contribution is -2.43. The van der Waals surface area contributed by atoms with Gasteiger partial charge in [-0.25, -0.2) is 13.1 Å². The quantitative estimate of drug-likeness (QED) is 0.807. The first-order valence-electron chi connectivity index (χ1n) is 7.41. The summed E-state index contributed by atoms with van der Waals surface area (Å²) >= 11 is 0. The van der Waals surface area contributed by atoms with Gasteiger partial charge in [0.25, 0.3) is 0 Å². The Bertz CT molecular complexity index is 556. The molecular formula is C14H24N4O2S. The summed E-state index contributed by atoms with van der Waals surface area (Å²) in [5.41, 5.74) is 5.96. The second-order valence-electron chi connectivity index (χ2n) is 5.54. The number of nitrogens with one attached hydrogen (secondary N) is 1. The van der Waals surface area contributed by atoms with Crippen LogP contribution in [-0.4, -0.2) is 44.0 Å². The number of pyridine rings is 1. The molecule has 6 nitrogen and oxygen atoms in total. The van der Waals surface area contributed by atoms with Gasteiger partial charge in [0.05, 0.1) is 5.69 Å². The number of aromatic nitrogens is 1. The molecule has 3 N–H and O–H groups in total. The summed E-state index contributed by atoms with van der Waals surface area (Å²) in [6.45, 7) is 4.83. The highest BCUT2D eigenvalue weighted by molar-refractivity contribution is 7.89. The van der Waals surface area contributed by atoms with Gasteiger partial charge in [0, 0.05) is 25.3 Å². The van der Waals surface area contributed by atoms with Crippen LogP contribution in [0.15, 0.2) is 23.2 Å². The van der Waals surface area contributed by atoms with E-state index in [9.17, 15) is 8.42 Å². The van der Waals surface area contributed by atoms with Gasteiger partial charge in [0.15, 0.2) is 0 Å². The molecule has 1 unspecified atom stereocenters. The van der Waals surface area contributed by atoms with Gasteiger partial charge in [-0.2, -0.15) is 0 Å². The van der Waals surface area contributed by atoms with E-state index in [2.05, 4.69) is 14.6 Å². The Labute approximate surface area is 126 Å². The van der Waals surface area contributed by atoms with Crippen molar-refractivity contribution in [2.45, 2.75) is 43.7 Å². The predicted octanol–water partition coefficient (Wildman–Crippen LogP) is 0.693. The minimum absolute atomic E-state index is 0.109. The fourth-order valence-electron chi connectivity index (χ4n) is 2.72. The highest BCUT2D eigenvalue weighted by atomic mass is 32.2. The van der Waals surface area contributed by atoms with E-state index in [-0.39, 0.29) is 17.5 Å². The summed E-state index contributed by atoms with van der Waals surface area (Å²) in [6, 6.07) is 3.02. The number of hydrogen-bond donors (Lipinski definition) is 2. The molecule has 1 aromatic heterocycles. The molecule has 0 spiro atoms. The van der Waals surface area contributed by atoms with E-state index in [4.69, 9.17) is 5.73 Å². The molecule has 0 amide bonds. The molecule has 1 aromatic rings. The fourth-order valence-corrected chi connectivity index (χ4v) is 4.15. The second-order valence-corrected chi connectivity index (χ2v) is 7.22. The summed E-state index contributed by atoms with van der Waals surface area (Å²) in [7, 11) is -3.57. The normalized spacial score (nSPS) is 18.6. The van der Waals surface area contributed by atoms with Crippen molar-refractivity contribution >= 4 is 10.0 Å². The summed E-state index contributed by atoms with van der Waals surface area (Å²) in [6.07, 6.45) is 5.21. The van der Waals surface area contributed by atoms with Crippen LogP contribution < -0.4 is 10.5 Å². The van der Waals surface area contributed by atoms with Crippen LogP contribution in [0.3, 0.4) is 0 Å². The van der Waals surface area contributed by atoms with Crippen molar-refractivity contribution < 1.29 is 8.42 Å². The molecule has 2 rings (SSSR count). The van der Waals surface area contributed by atoms with E-state index in [1.54, 1.807) is 18.3 Å². The molecule has 0 radical (unpaired) electrons. The molecule has 1 saturated heterocycles. The molecule has 7 heteroatoms. The van der Waals surface area contributed by atoms with Crippen LogP contribution in [-0.2, 0) is 16.6 Å². The molecule has 1 aliphatic rings. The Hall–Kier alpha value is -1.02. The molecule has 1 aliphatic heterocycles. The lowest BCUT2D eigenvalue weighted by molar-refractivity contribution is 0.215. The van der Waals surface area contributed by atoms with Crippen LogP contribution in [0.2, 0.25) is 0 Å². The first-order valence-corrected chi connectivity index (χ1v) is 8.90. The number of sulfonamides is 1. The third kappa shape index (κ3) is 4.47. The number of nitrogens with zero attached hydrogens (tertiary/aromatic N) is 2. The Morgan fingerprint density at radius 3 is 2.76 bits per heavy atom. The largest absolute Gasteiger partial charge is 0.325 e. The van der Waals surface area contributed by atoms with E-state index >= 15 is 0 Å². The van der Waals surface area contributed by atoms with Crippen LogP contribution in [0.1, 0.15) is 31.9 Å². The van der Waals surface area contributed by atoms with Crippen molar-refractivity contribution in [3.63, 3.8) is 0 Å². The van der Waals surface area contributed by atoms with E-state index in [0.717, 1.165) is 19.6 Å². The number of hydrogen-bond acceptors (Lipinski definition) is 5. The van der Waals surface area contributed by atoms with E-state index in [1.165, 1.54) is 19.3 Å². The average Bonchev–Trinajstić information content (AvgIpc) is 2.47. The van der Waals surface area contributed by atoms with Gasteiger partial charge < -0.3 is 10.6 Å². The van der Waals surface area contributed by atoms with Gasteiger partial charge in [-0.1, -0.05) is 6.42 Å². The van der Waals surface area contributed by atoms with Crippen LogP contribution in [0, 0.1) is 0 Å². The smallest absolute Gasteiger partial charge is 0.242 e. The molecule has 21 heavy (non-hydrogen) atoms. The third-order valence-electron chi connectivity index (χ3n) is 3.67. The molecule has 0 saturated carbocycles. The predicted molar refractivity (Wildman–Crippen MR) is 82.2 cm³/mol. The molecule has 0 bridgehead atoms. The Morgan fingerprint density at radius 1 is 1.38 bits per heavy atom. The van der Waals surface area contributed by atoms with Crippen LogP contribution >= 0.6 is 0 Å². The van der Waals surface area contributed by atoms with Gasteiger partial charge in [0.1, 0.15) is 4.90 Å². The Balaban J connectivity index is 2.02. The molecule has 1 fully saturated rings. The zero-order valence-electron chi connectivity index (χ0n) is 12.5. The maximum absolute atomic E-state index is 12.4. The van der Waals surface area contributed by atoms with Crippen molar-refractivity contribution in [2.75, 3.05) is 19.6 Å². The maximum Gasteiger partial charge on any atom is 0.242 e. The van der Waals surface area contributed by atoms with Gasteiger partial charge in [-0.3, -0.25) is 4.98 Å². The van der Waals surface area contributed by atoms with Crippen molar-refractivity contribution in [3.05, 3.63) is 24.0 Å². The Morgan fingerprint density at radius 2 is 2.10 bits per heavy atom. The molecule has 1 atom stereocenters. The second kappa shape index (κ2) is 7.31. The minimum Gasteiger partial charge on any atom is -0.325 e. The van der Waals surface area contributed by atoms with Gasteiger partial charge in [-0.05, 0) is 45.0 Å². The lowest BCUT2D eigenvalue weighted by Gasteiger charge is -2.29. The van der Waals surface area contributed by atoms with E-state index in [1.807, 2.05) is 6.92 Å². The number of rotatable bonds is 6. The van der Waals surface area contributed by atoms with Gasteiger partial charge >= 0.3 is 0 Å². The first-order chi connectivity index (χ1) is 10.0. The van der Waals surface area contributed by atoms with Gasteiger partial charge in [0.2, 0.25) is 10.0 Å². The summed E-state index contributed by atoms with van der Waals surface area (Å²) in [4.78, 5) is 6.52. The van der Waals surface area contributed by atoms with E-state index < -0.39 is 10.0 Å². The SMILES string of the molecule is CC(CN1CCCCC1)NS(=O)(=O)c1cccnc1CN.